The molecule has 0 bridgehead atoms. The SMILES string of the molecule is CC(C)=CCn1c(N2CCNCC2)nc2c1c(=O)n(CC(=O)OCc1ccccc1)c(=O)n2C. The molecular weight excluding hydrogens is 436 g/mol. The number of hydrogen-bond acceptors (Lipinski definition) is 7. The van der Waals surface area contributed by atoms with Crippen LogP contribution in [0.2, 0.25) is 0 Å². The van der Waals surface area contributed by atoms with Crippen LogP contribution >= 0.6 is 0 Å². The van der Waals surface area contributed by atoms with Gasteiger partial charge in [-0.1, -0.05) is 42.0 Å². The van der Waals surface area contributed by atoms with Crippen molar-refractivity contribution >= 4 is 23.1 Å². The molecule has 0 atom stereocenters. The lowest BCUT2D eigenvalue weighted by molar-refractivity contribution is -0.145. The molecule has 10 heteroatoms. The fourth-order valence-electron chi connectivity index (χ4n) is 3.97. The number of aryl methyl sites for hydroxylation is 1. The van der Waals surface area contributed by atoms with Crippen molar-refractivity contribution < 1.29 is 9.53 Å². The lowest BCUT2D eigenvalue weighted by Gasteiger charge is -2.28. The summed E-state index contributed by atoms with van der Waals surface area (Å²) in [6, 6.07) is 9.24. The van der Waals surface area contributed by atoms with E-state index in [0.717, 1.165) is 41.9 Å². The Bertz CT molecular complexity index is 1330. The predicted molar refractivity (Wildman–Crippen MR) is 130 cm³/mol. The quantitative estimate of drug-likeness (QED) is 0.410. The van der Waals surface area contributed by atoms with Crippen LogP contribution in [0, 0.1) is 0 Å². The van der Waals surface area contributed by atoms with E-state index >= 15 is 0 Å². The van der Waals surface area contributed by atoms with Crippen LogP contribution in [0.4, 0.5) is 5.95 Å². The molecule has 1 aliphatic rings. The summed E-state index contributed by atoms with van der Waals surface area (Å²) in [5.74, 6) is -0.00870. The largest absolute Gasteiger partial charge is 0.459 e. The summed E-state index contributed by atoms with van der Waals surface area (Å²) in [5, 5.41) is 3.31. The number of anilines is 1. The van der Waals surface area contributed by atoms with Crippen molar-refractivity contribution in [3.8, 4) is 0 Å². The number of nitrogens with one attached hydrogen (secondary N) is 1. The summed E-state index contributed by atoms with van der Waals surface area (Å²) >= 11 is 0. The molecule has 1 aliphatic heterocycles. The Morgan fingerprint density at radius 3 is 2.50 bits per heavy atom. The van der Waals surface area contributed by atoms with Gasteiger partial charge in [-0.25, -0.2) is 9.36 Å². The zero-order valence-electron chi connectivity index (χ0n) is 19.8. The summed E-state index contributed by atoms with van der Waals surface area (Å²) in [6.45, 7) is 7.11. The van der Waals surface area contributed by atoms with E-state index in [-0.39, 0.29) is 6.61 Å². The van der Waals surface area contributed by atoms with E-state index in [1.54, 1.807) is 7.05 Å². The summed E-state index contributed by atoms with van der Waals surface area (Å²) in [4.78, 5) is 45.8. The maximum Gasteiger partial charge on any atom is 0.333 e. The van der Waals surface area contributed by atoms with E-state index in [0.29, 0.717) is 23.7 Å². The number of allylic oxidation sites excluding steroid dienone is 2. The Balaban J connectivity index is 1.74. The van der Waals surface area contributed by atoms with Gasteiger partial charge in [-0.3, -0.25) is 14.2 Å². The van der Waals surface area contributed by atoms with E-state index in [1.165, 1.54) is 4.57 Å². The second kappa shape index (κ2) is 10.1. The first-order valence-corrected chi connectivity index (χ1v) is 11.4. The highest BCUT2D eigenvalue weighted by Crippen LogP contribution is 2.20. The molecule has 0 amide bonds. The Kier molecular flexibility index (Phi) is 6.97. The van der Waals surface area contributed by atoms with Crippen molar-refractivity contribution in [2.45, 2.75) is 33.5 Å². The molecule has 1 fully saturated rings. The maximum absolute atomic E-state index is 13.5. The fraction of sp³-hybridized carbons (Fsp3) is 0.417. The number of esters is 1. The second-order valence-electron chi connectivity index (χ2n) is 8.59. The van der Waals surface area contributed by atoms with Gasteiger partial charge in [0.2, 0.25) is 5.95 Å². The highest BCUT2D eigenvalue weighted by molar-refractivity contribution is 5.75. The smallest absolute Gasteiger partial charge is 0.333 e. The standard InChI is InChI=1S/C24H30N6O4/c1-17(2)9-12-29-20-21(26-23(29)28-13-10-25-11-14-28)27(3)24(33)30(22(20)32)15-19(31)34-16-18-7-5-4-6-8-18/h4-9,25H,10-16H2,1-3H3. The number of fused-ring (bicyclic) bond motifs is 1. The van der Waals surface area contributed by atoms with Gasteiger partial charge in [0.15, 0.2) is 11.2 Å². The number of carbonyl (C=O) groups excluding carboxylic acids is 1. The average Bonchev–Trinajstić information content (AvgIpc) is 3.24. The van der Waals surface area contributed by atoms with Crippen molar-refractivity contribution in [2.75, 3.05) is 31.1 Å². The van der Waals surface area contributed by atoms with Gasteiger partial charge < -0.3 is 19.5 Å². The van der Waals surface area contributed by atoms with Crippen LogP contribution in [-0.2, 0) is 36.3 Å². The van der Waals surface area contributed by atoms with Crippen molar-refractivity contribution in [2.24, 2.45) is 7.05 Å². The van der Waals surface area contributed by atoms with Crippen molar-refractivity contribution in [3.05, 3.63) is 68.4 Å². The molecule has 10 nitrogen and oxygen atoms in total. The summed E-state index contributed by atoms with van der Waals surface area (Å²) < 4.78 is 9.40. The van der Waals surface area contributed by atoms with Crippen LogP contribution < -0.4 is 21.5 Å². The zero-order chi connectivity index (χ0) is 24.2. The normalized spacial score (nSPS) is 13.8. The molecule has 2 aromatic heterocycles. The molecular formula is C24H30N6O4. The zero-order valence-corrected chi connectivity index (χ0v) is 19.8. The number of carbonyl (C=O) groups is 1. The molecule has 3 heterocycles. The van der Waals surface area contributed by atoms with Crippen molar-refractivity contribution in [3.63, 3.8) is 0 Å². The second-order valence-corrected chi connectivity index (χ2v) is 8.59. The van der Waals surface area contributed by atoms with Crippen molar-refractivity contribution in [1.82, 2.24) is 24.0 Å². The van der Waals surface area contributed by atoms with Gasteiger partial charge in [0.25, 0.3) is 5.56 Å². The number of benzene rings is 1. The summed E-state index contributed by atoms with van der Waals surface area (Å²) in [7, 11) is 1.57. The molecule has 1 aromatic carbocycles. The third-order valence-electron chi connectivity index (χ3n) is 5.82. The Labute approximate surface area is 197 Å². The minimum absolute atomic E-state index is 0.0721. The van der Waals surface area contributed by atoms with Gasteiger partial charge >= 0.3 is 11.7 Å². The number of ether oxygens (including phenoxy) is 1. The van der Waals surface area contributed by atoms with Gasteiger partial charge in [0.1, 0.15) is 13.2 Å². The van der Waals surface area contributed by atoms with Crippen LogP contribution in [0.15, 0.2) is 51.6 Å². The third-order valence-corrected chi connectivity index (χ3v) is 5.82. The molecule has 34 heavy (non-hydrogen) atoms. The van der Waals surface area contributed by atoms with Crippen LogP contribution in [0.1, 0.15) is 19.4 Å². The van der Waals surface area contributed by atoms with Crippen molar-refractivity contribution in [1.29, 1.82) is 0 Å². The Hall–Kier alpha value is -3.66. The van der Waals surface area contributed by atoms with Gasteiger partial charge in [-0.05, 0) is 19.4 Å². The number of aromatic nitrogens is 4. The maximum atomic E-state index is 13.5. The minimum atomic E-state index is -0.653. The molecule has 0 saturated carbocycles. The molecule has 0 spiro atoms. The summed E-state index contributed by atoms with van der Waals surface area (Å²) in [5.41, 5.74) is 1.37. The fourth-order valence-corrected chi connectivity index (χ4v) is 3.97. The third kappa shape index (κ3) is 4.81. The average molecular weight is 467 g/mol. The van der Waals surface area contributed by atoms with Crippen LogP contribution in [0.5, 0.6) is 0 Å². The molecule has 4 rings (SSSR count). The first-order chi connectivity index (χ1) is 16.4. The lowest BCUT2D eigenvalue weighted by Crippen LogP contribution is -2.44. The van der Waals surface area contributed by atoms with E-state index in [9.17, 15) is 14.4 Å². The number of rotatable bonds is 7. The number of imidazole rings is 1. The number of nitrogens with zero attached hydrogens (tertiary/aromatic N) is 5. The molecule has 0 unspecified atom stereocenters. The highest BCUT2D eigenvalue weighted by Gasteiger charge is 2.24. The van der Waals surface area contributed by atoms with Crippen LogP contribution in [0.3, 0.4) is 0 Å². The van der Waals surface area contributed by atoms with Gasteiger partial charge in [-0.15, -0.1) is 0 Å². The molecule has 180 valence electrons. The molecule has 0 aliphatic carbocycles. The first-order valence-electron chi connectivity index (χ1n) is 11.4. The highest BCUT2D eigenvalue weighted by atomic mass is 16.5. The lowest BCUT2D eigenvalue weighted by atomic mass is 10.2. The molecule has 0 radical (unpaired) electrons. The van der Waals surface area contributed by atoms with E-state index < -0.39 is 23.8 Å². The predicted octanol–water partition coefficient (Wildman–Crippen LogP) is 1.02. The van der Waals surface area contributed by atoms with Gasteiger partial charge in [0, 0.05) is 39.8 Å². The topological polar surface area (TPSA) is 103 Å². The Morgan fingerprint density at radius 1 is 1.12 bits per heavy atom. The number of hydrogen-bond donors (Lipinski definition) is 1. The number of piperazine rings is 1. The molecule has 3 aromatic rings. The van der Waals surface area contributed by atoms with Gasteiger partial charge in [0.05, 0.1) is 0 Å². The van der Waals surface area contributed by atoms with Gasteiger partial charge in [-0.2, -0.15) is 4.98 Å². The molecule has 1 N–H and O–H groups in total. The minimum Gasteiger partial charge on any atom is -0.459 e. The monoisotopic (exact) mass is 466 g/mol. The van der Waals surface area contributed by atoms with E-state index in [4.69, 9.17) is 9.72 Å². The molecule has 1 saturated heterocycles. The first kappa shape index (κ1) is 23.5. The Morgan fingerprint density at radius 2 is 1.82 bits per heavy atom. The van der Waals surface area contributed by atoms with Crippen LogP contribution in [0.25, 0.3) is 11.2 Å². The summed E-state index contributed by atoms with van der Waals surface area (Å²) in [6.07, 6.45) is 2.01. The van der Waals surface area contributed by atoms with E-state index in [1.807, 2.05) is 54.8 Å². The van der Waals surface area contributed by atoms with Crippen LogP contribution in [-0.4, -0.2) is 50.8 Å². The van der Waals surface area contributed by atoms with E-state index in [2.05, 4.69) is 10.2 Å².